The molecule has 0 radical (unpaired) electrons. The Morgan fingerprint density at radius 2 is 1.79 bits per heavy atom. The molecule has 0 spiro atoms. The number of aliphatic carboxylic acids is 1. The van der Waals surface area contributed by atoms with E-state index in [4.69, 9.17) is 11.6 Å². The minimum Gasteiger partial charge on any atom is -0.481 e. The predicted molar refractivity (Wildman–Crippen MR) is 155 cm³/mol. The number of hydrogen-bond donors (Lipinski definition) is 2. The molecule has 228 valence electrons. The third-order valence-electron chi connectivity index (χ3n) is 9.58. The number of aromatic nitrogens is 3. The normalized spacial score (nSPS) is 23.3. The number of carboxylic acid groups (broad SMARTS) is 1. The zero-order chi connectivity index (χ0) is 30.4. The van der Waals surface area contributed by atoms with Gasteiger partial charge in [-0.25, -0.2) is 0 Å². The molecular formula is C31H38ClF3N4O3. The molecule has 3 aromatic rings. The number of hydrogen-bond acceptors (Lipinski definition) is 3. The molecule has 0 unspecified atom stereocenters. The van der Waals surface area contributed by atoms with Crippen molar-refractivity contribution in [1.29, 1.82) is 0 Å². The average molecular weight is 607 g/mol. The zero-order valence-corrected chi connectivity index (χ0v) is 25.0. The third-order valence-corrected chi connectivity index (χ3v) is 9.90. The number of aromatic amines is 1. The first-order valence-electron chi connectivity index (χ1n) is 14.6. The Kier molecular flexibility index (Phi) is 8.15. The molecule has 2 saturated carbocycles. The topological polar surface area (TPSA) is 91.2 Å². The molecule has 2 N–H and O–H groups in total. The van der Waals surface area contributed by atoms with Crippen LogP contribution < -0.4 is 0 Å². The maximum atomic E-state index is 14.6. The van der Waals surface area contributed by atoms with Gasteiger partial charge in [-0.2, -0.15) is 18.3 Å². The van der Waals surface area contributed by atoms with Crippen LogP contribution in [-0.2, 0) is 17.4 Å². The monoisotopic (exact) mass is 606 g/mol. The second-order valence-electron chi connectivity index (χ2n) is 13.1. The van der Waals surface area contributed by atoms with Crippen molar-refractivity contribution in [3.8, 4) is 0 Å². The number of alkyl halides is 3. The van der Waals surface area contributed by atoms with Gasteiger partial charge in [0, 0.05) is 29.7 Å². The van der Waals surface area contributed by atoms with E-state index in [2.05, 4.69) is 23.9 Å². The van der Waals surface area contributed by atoms with Crippen molar-refractivity contribution in [3.63, 3.8) is 0 Å². The van der Waals surface area contributed by atoms with Crippen molar-refractivity contribution in [2.24, 2.45) is 10.8 Å². The van der Waals surface area contributed by atoms with E-state index in [-0.39, 0.29) is 43.7 Å². The standard InChI is InChI=1S/C31H38ClF3N4O3/c1-29(2)12-7-20(8-13-29)38(16-11-19-17-36-24-6-4-5-23(32)25(19)24)27(40)22-18-37-39(26(22)31(33,34)35)21-9-14-30(3,15-10-21)28(41)42/h4-6,17-18,20-21,36H,7-16H2,1-3H3,(H,41,42)/t21-,30-. The number of carbonyl (C=O) groups is 2. The molecule has 7 nitrogen and oxygen atoms in total. The van der Waals surface area contributed by atoms with Crippen molar-refractivity contribution >= 4 is 34.4 Å². The minimum atomic E-state index is -4.81. The Bertz CT molecular complexity index is 1460. The molecule has 0 saturated heterocycles. The van der Waals surface area contributed by atoms with Crippen LogP contribution in [0.15, 0.2) is 30.6 Å². The molecular weight excluding hydrogens is 569 g/mol. The second kappa shape index (κ2) is 11.2. The Morgan fingerprint density at radius 3 is 2.40 bits per heavy atom. The lowest BCUT2D eigenvalue weighted by Gasteiger charge is -2.40. The third kappa shape index (κ3) is 5.92. The van der Waals surface area contributed by atoms with Crippen molar-refractivity contribution in [3.05, 3.63) is 52.4 Å². The Morgan fingerprint density at radius 1 is 1.12 bits per heavy atom. The van der Waals surface area contributed by atoms with Crippen LogP contribution in [0.4, 0.5) is 13.2 Å². The molecule has 2 aromatic heterocycles. The van der Waals surface area contributed by atoms with E-state index in [9.17, 15) is 27.9 Å². The second-order valence-corrected chi connectivity index (χ2v) is 13.5. The first kappa shape index (κ1) is 30.4. The van der Waals surface area contributed by atoms with Crippen LogP contribution in [0.25, 0.3) is 10.9 Å². The van der Waals surface area contributed by atoms with Crippen molar-refractivity contribution in [2.75, 3.05) is 6.54 Å². The van der Waals surface area contributed by atoms with E-state index >= 15 is 0 Å². The fraction of sp³-hybridized carbons (Fsp3) is 0.581. The van der Waals surface area contributed by atoms with Crippen LogP contribution in [0.2, 0.25) is 5.02 Å². The van der Waals surface area contributed by atoms with Crippen LogP contribution >= 0.6 is 11.6 Å². The number of amides is 1. The highest BCUT2D eigenvalue weighted by Gasteiger charge is 2.45. The van der Waals surface area contributed by atoms with Crippen LogP contribution in [0.1, 0.15) is 99.8 Å². The number of carboxylic acids is 1. The van der Waals surface area contributed by atoms with Crippen LogP contribution in [0, 0.1) is 10.8 Å². The van der Waals surface area contributed by atoms with Crippen molar-refractivity contribution < 1.29 is 27.9 Å². The van der Waals surface area contributed by atoms with Gasteiger partial charge in [-0.3, -0.25) is 14.3 Å². The Balaban J connectivity index is 1.46. The smallest absolute Gasteiger partial charge is 0.433 e. The molecule has 2 fully saturated rings. The Labute approximate surface area is 248 Å². The van der Waals surface area contributed by atoms with Crippen LogP contribution in [0.5, 0.6) is 0 Å². The summed E-state index contributed by atoms with van der Waals surface area (Å²) < 4.78 is 44.8. The highest BCUT2D eigenvalue weighted by Crippen LogP contribution is 2.44. The summed E-state index contributed by atoms with van der Waals surface area (Å²) in [6.45, 7) is 6.21. The summed E-state index contributed by atoms with van der Waals surface area (Å²) in [4.78, 5) is 30.6. The highest BCUT2D eigenvalue weighted by molar-refractivity contribution is 6.35. The molecule has 1 aromatic carbocycles. The number of carbonyl (C=O) groups excluding carboxylic acids is 1. The molecule has 0 bridgehead atoms. The fourth-order valence-electron chi connectivity index (χ4n) is 6.72. The van der Waals surface area contributed by atoms with Gasteiger partial charge >= 0.3 is 12.1 Å². The van der Waals surface area contributed by atoms with E-state index < -0.39 is 40.8 Å². The molecule has 11 heteroatoms. The van der Waals surface area contributed by atoms with Gasteiger partial charge in [0.05, 0.1) is 28.2 Å². The SMILES string of the molecule is CC1(C)CCC(N(CCc2c[nH]c3cccc(Cl)c23)C(=O)c2cnn([C@H]3CC[C@](C)(C(=O)O)CC3)c2C(F)(F)F)CC1. The molecule has 2 aliphatic carbocycles. The van der Waals surface area contributed by atoms with Gasteiger partial charge in [0.2, 0.25) is 0 Å². The summed E-state index contributed by atoms with van der Waals surface area (Å²) >= 11 is 6.47. The lowest BCUT2D eigenvalue weighted by Crippen LogP contribution is -2.45. The average Bonchev–Trinajstić information content (AvgIpc) is 3.55. The van der Waals surface area contributed by atoms with Gasteiger partial charge in [-0.1, -0.05) is 31.5 Å². The molecule has 2 heterocycles. The van der Waals surface area contributed by atoms with Crippen molar-refractivity contribution in [1.82, 2.24) is 19.7 Å². The quantitative estimate of drug-likeness (QED) is 0.286. The fourth-order valence-corrected chi connectivity index (χ4v) is 7.02. The van der Waals surface area contributed by atoms with E-state index in [0.29, 0.717) is 24.3 Å². The molecule has 0 atom stereocenters. The van der Waals surface area contributed by atoms with Gasteiger partial charge in [0.1, 0.15) is 0 Å². The number of fused-ring (bicyclic) bond motifs is 1. The Hall–Kier alpha value is -3.01. The molecule has 0 aliphatic heterocycles. The lowest BCUT2D eigenvalue weighted by atomic mass is 9.74. The number of nitrogens with one attached hydrogen (secondary N) is 1. The first-order chi connectivity index (χ1) is 19.7. The highest BCUT2D eigenvalue weighted by atomic mass is 35.5. The zero-order valence-electron chi connectivity index (χ0n) is 24.2. The number of benzene rings is 1. The van der Waals surface area contributed by atoms with E-state index in [1.807, 2.05) is 18.3 Å². The maximum Gasteiger partial charge on any atom is 0.433 e. The van der Waals surface area contributed by atoms with Gasteiger partial charge in [0.15, 0.2) is 5.69 Å². The summed E-state index contributed by atoms with van der Waals surface area (Å²) in [5.74, 6) is -1.62. The summed E-state index contributed by atoms with van der Waals surface area (Å²) in [6.07, 6.45) is 2.64. The van der Waals surface area contributed by atoms with Gasteiger partial charge in [-0.05, 0) is 87.8 Å². The summed E-state index contributed by atoms with van der Waals surface area (Å²) in [5.41, 5.74) is -0.592. The van der Waals surface area contributed by atoms with Crippen molar-refractivity contribution in [2.45, 2.75) is 96.8 Å². The summed E-state index contributed by atoms with van der Waals surface area (Å²) in [5, 5.41) is 15.1. The number of rotatable bonds is 7. The predicted octanol–water partition coefficient (Wildman–Crippen LogP) is 7.90. The van der Waals surface area contributed by atoms with Crippen LogP contribution in [0.3, 0.4) is 0 Å². The first-order valence-corrected chi connectivity index (χ1v) is 15.0. The van der Waals surface area contributed by atoms with E-state index in [0.717, 1.165) is 40.2 Å². The van der Waals surface area contributed by atoms with E-state index in [1.165, 1.54) is 0 Å². The number of nitrogens with zero attached hydrogens (tertiary/aromatic N) is 3. The lowest BCUT2D eigenvalue weighted by molar-refractivity contribution is -0.152. The van der Waals surface area contributed by atoms with Gasteiger partial charge in [-0.15, -0.1) is 0 Å². The summed E-state index contributed by atoms with van der Waals surface area (Å²) in [6, 6.07) is 4.72. The number of H-pyrrole nitrogens is 1. The molecule has 5 rings (SSSR count). The minimum absolute atomic E-state index is 0.114. The summed E-state index contributed by atoms with van der Waals surface area (Å²) in [7, 11) is 0. The molecule has 42 heavy (non-hydrogen) atoms. The molecule has 2 aliphatic rings. The maximum absolute atomic E-state index is 14.6. The van der Waals surface area contributed by atoms with Crippen LogP contribution in [-0.4, -0.2) is 49.2 Å². The van der Waals surface area contributed by atoms with Gasteiger partial charge in [0.25, 0.3) is 5.91 Å². The largest absolute Gasteiger partial charge is 0.481 e. The van der Waals surface area contributed by atoms with E-state index in [1.54, 1.807) is 17.9 Å². The number of halogens is 4. The van der Waals surface area contributed by atoms with Gasteiger partial charge < -0.3 is 15.0 Å². The molecule has 1 amide bonds.